The van der Waals surface area contributed by atoms with Crippen LogP contribution in [0.5, 0.6) is 0 Å². The standard InChI is InChI=1S/C42H28N2/c1-2-14-29(15-3-1)31-16-4-5-17-32(31)33-18-6-12-24-40(33)44-41-25-13-9-21-36(41)37-28-30(26-27-42(37)44)43-38-22-10-7-19-34(38)35-20-8-11-23-39(35)43/h1-28H. The number of hydrogen-bond acceptors (Lipinski definition) is 0. The summed E-state index contributed by atoms with van der Waals surface area (Å²) >= 11 is 0. The van der Waals surface area contributed by atoms with E-state index in [1.54, 1.807) is 0 Å². The van der Waals surface area contributed by atoms with Gasteiger partial charge in [-0.2, -0.15) is 0 Å². The van der Waals surface area contributed by atoms with Crippen molar-refractivity contribution < 1.29 is 0 Å². The second-order valence-electron chi connectivity index (χ2n) is 11.4. The van der Waals surface area contributed by atoms with Crippen LogP contribution in [0.1, 0.15) is 0 Å². The van der Waals surface area contributed by atoms with Crippen molar-refractivity contribution in [1.82, 2.24) is 9.13 Å². The lowest BCUT2D eigenvalue weighted by atomic mass is 9.93. The molecule has 0 fully saturated rings. The fourth-order valence-corrected chi connectivity index (χ4v) is 7.04. The maximum absolute atomic E-state index is 2.44. The molecule has 206 valence electrons. The zero-order valence-corrected chi connectivity index (χ0v) is 24.1. The zero-order valence-electron chi connectivity index (χ0n) is 24.1. The lowest BCUT2D eigenvalue weighted by Crippen LogP contribution is -1.98. The number of aromatic nitrogens is 2. The number of fused-ring (bicyclic) bond motifs is 6. The second kappa shape index (κ2) is 9.86. The average molecular weight is 561 g/mol. The Hall–Kier alpha value is -5.86. The second-order valence-corrected chi connectivity index (χ2v) is 11.4. The Balaban J connectivity index is 1.31. The van der Waals surface area contributed by atoms with Crippen molar-refractivity contribution in [3.05, 3.63) is 170 Å². The normalized spacial score (nSPS) is 11.6. The first-order valence-electron chi connectivity index (χ1n) is 15.1. The fourth-order valence-electron chi connectivity index (χ4n) is 7.04. The van der Waals surface area contributed by atoms with Crippen LogP contribution in [0.3, 0.4) is 0 Å². The number of rotatable bonds is 4. The molecular weight excluding hydrogens is 532 g/mol. The third-order valence-corrected chi connectivity index (χ3v) is 8.94. The van der Waals surface area contributed by atoms with Crippen molar-refractivity contribution in [3.63, 3.8) is 0 Å². The van der Waals surface area contributed by atoms with Gasteiger partial charge in [0.15, 0.2) is 0 Å². The van der Waals surface area contributed by atoms with Crippen LogP contribution in [0.4, 0.5) is 0 Å². The molecule has 7 aromatic carbocycles. The highest BCUT2D eigenvalue weighted by Crippen LogP contribution is 2.40. The predicted molar refractivity (Wildman–Crippen MR) is 186 cm³/mol. The van der Waals surface area contributed by atoms with E-state index in [9.17, 15) is 0 Å². The number of hydrogen-bond donors (Lipinski definition) is 0. The van der Waals surface area contributed by atoms with Gasteiger partial charge in [-0.25, -0.2) is 0 Å². The first-order valence-corrected chi connectivity index (χ1v) is 15.1. The molecule has 0 unspecified atom stereocenters. The third kappa shape index (κ3) is 3.68. The molecule has 0 bridgehead atoms. The third-order valence-electron chi connectivity index (χ3n) is 8.94. The highest BCUT2D eigenvalue weighted by atomic mass is 15.0. The van der Waals surface area contributed by atoms with E-state index in [1.807, 2.05) is 0 Å². The molecule has 2 aromatic heterocycles. The van der Waals surface area contributed by atoms with E-state index in [0.717, 1.165) is 0 Å². The van der Waals surface area contributed by atoms with Gasteiger partial charge >= 0.3 is 0 Å². The largest absolute Gasteiger partial charge is 0.309 e. The maximum atomic E-state index is 2.44. The minimum atomic E-state index is 1.17. The Bertz CT molecular complexity index is 2440. The van der Waals surface area contributed by atoms with E-state index in [2.05, 4.69) is 179 Å². The molecule has 0 saturated carbocycles. The summed E-state index contributed by atoms with van der Waals surface area (Å²) in [5, 5.41) is 5.04. The fraction of sp³-hybridized carbons (Fsp3) is 0. The molecule has 0 amide bonds. The summed E-state index contributed by atoms with van der Waals surface area (Å²) in [5.41, 5.74) is 12.1. The van der Waals surface area contributed by atoms with Gasteiger partial charge in [-0.3, -0.25) is 0 Å². The smallest absolute Gasteiger partial charge is 0.0542 e. The van der Waals surface area contributed by atoms with Gasteiger partial charge in [-0.1, -0.05) is 127 Å². The van der Waals surface area contributed by atoms with Gasteiger partial charge < -0.3 is 9.13 Å². The molecule has 0 saturated heterocycles. The molecule has 0 aliphatic carbocycles. The molecule has 0 spiro atoms. The maximum Gasteiger partial charge on any atom is 0.0542 e. The number of nitrogens with zero attached hydrogens (tertiary/aromatic N) is 2. The van der Waals surface area contributed by atoms with Crippen LogP contribution in [0.25, 0.3) is 77.2 Å². The van der Waals surface area contributed by atoms with E-state index in [4.69, 9.17) is 0 Å². The topological polar surface area (TPSA) is 9.86 Å². The summed E-state index contributed by atoms with van der Waals surface area (Å²) in [4.78, 5) is 0. The zero-order chi connectivity index (χ0) is 29.0. The molecule has 2 nitrogen and oxygen atoms in total. The Kier molecular flexibility index (Phi) is 5.54. The molecule has 0 atom stereocenters. The van der Waals surface area contributed by atoms with Crippen LogP contribution in [0.15, 0.2) is 170 Å². The van der Waals surface area contributed by atoms with Gasteiger partial charge in [0, 0.05) is 32.8 Å². The quantitative estimate of drug-likeness (QED) is 0.203. The molecule has 44 heavy (non-hydrogen) atoms. The van der Waals surface area contributed by atoms with Crippen molar-refractivity contribution >= 4 is 43.6 Å². The van der Waals surface area contributed by atoms with Crippen molar-refractivity contribution in [3.8, 4) is 33.6 Å². The summed E-state index contributed by atoms with van der Waals surface area (Å²) in [7, 11) is 0. The Morgan fingerprint density at radius 1 is 0.295 bits per heavy atom. The summed E-state index contributed by atoms with van der Waals surface area (Å²) in [6.45, 7) is 0. The van der Waals surface area contributed by atoms with Gasteiger partial charge in [0.2, 0.25) is 0 Å². The van der Waals surface area contributed by atoms with Crippen LogP contribution in [0.2, 0.25) is 0 Å². The first-order chi connectivity index (χ1) is 21.9. The Morgan fingerprint density at radius 2 is 0.773 bits per heavy atom. The highest BCUT2D eigenvalue weighted by Gasteiger charge is 2.19. The molecule has 9 rings (SSSR count). The van der Waals surface area contributed by atoms with Gasteiger partial charge in [0.25, 0.3) is 0 Å². The summed E-state index contributed by atoms with van der Waals surface area (Å²) in [6.07, 6.45) is 0. The molecule has 0 aliphatic rings. The lowest BCUT2D eigenvalue weighted by molar-refractivity contribution is 1.17. The van der Waals surface area contributed by atoms with E-state index < -0.39 is 0 Å². The van der Waals surface area contributed by atoms with Gasteiger partial charge in [-0.15, -0.1) is 0 Å². The van der Waals surface area contributed by atoms with E-state index in [0.29, 0.717) is 0 Å². The van der Waals surface area contributed by atoms with E-state index in [1.165, 1.54) is 77.2 Å². The SMILES string of the molecule is c1ccc(-c2ccccc2-c2ccccc2-n2c3ccccc3c3cc(-n4c5ccccc5c5ccccc54)ccc32)cc1. The minimum absolute atomic E-state index is 1.17. The molecular formula is C42H28N2. The summed E-state index contributed by atoms with van der Waals surface area (Å²) < 4.78 is 4.84. The van der Waals surface area contributed by atoms with Crippen molar-refractivity contribution in [1.29, 1.82) is 0 Å². The average Bonchev–Trinajstić information content (AvgIpc) is 3.61. The first kappa shape index (κ1) is 24.7. The van der Waals surface area contributed by atoms with E-state index in [-0.39, 0.29) is 0 Å². The number of benzene rings is 7. The number of para-hydroxylation sites is 4. The monoisotopic (exact) mass is 560 g/mol. The van der Waals surface area contributed by atoms with Gasteiger partial charge in [0.1, 0.15) is 0 Å². The molecule has 0 radical (unpaired) electrons. The summed E-state index contributed by atoms with van der Waals surface area (Å²) in [5.74, 6) is 0. The van der Waals surface area contributed by atoms with E-state index >= 15 is 0 Å². The van der Waals surface area contributed by atoms with Crippen LogP contribution in [0, 0.1) is 0 Å². The molecule has 2 heterocycles. The van der Waals surface area contributed by atoms with Crippen LogP contribution in [-0.2, 0) is 0 Å². The minimum Gasteiger partial charge on any atom is -0.309 e. The van der Waals surface area contributed by atoms with Crippen LogP contribution >= 0.6 is 0 Å². The Labute approximate surface area is 255 Å². The van der Waals surface area contributed by atoms with Gasteiger partial charge in [0.05, 0.1) is 27.8 Å². The predicted octanol–water partition coefficient (Wildman–Crippen LogP) is 11.2. The Morgan fingerprint density at radius 3 is 1.45 bits per heavy atom. The summed E-state index contributed by atoms with van der Waals surface area (Å²) in [6, 6.07) is 61.4. The van der Waals surface area contributed by atoms with Crippen LogP contribution < -0.4 is 0 Å². The van der Waals surface area contributed by atoms with Crippen molar-refractivity contribution in [2.45, 2.75) is 0 Å². The van der Waals surface area contributed by atoms with Crippen LogP contribution in [-0.4, -0.2) is 9.13 Å². The van der Waals surface area contributed by atoms with Crippen molar-refractivity contribution in [2.24, 2.45) is 0 Å². The van der Waals surface area contributed by atoms with Crippen molar-refractivity contribution in [2.75, 3.05) is 0 Å². The molecule has 2 heteroatoms. The molecule has 0 N–H and O–H groups in total. The molecule has 0 aliphatic heterocycles. The molecule has 9 aromatic rings. The highest BCUT2D eigenvalue weighted by molar-refractivity contribution is 6.12. The van der Waals surface area contributed by atoms with Gasteiger partial charge in [-0.05, 0) is 59.2 Å². The lowest BCUT2D eigenvalue weighted by Gasteiger charge is -2.17.